The highest BCUT2D eigenvalue weighted by Gasteiger charge is 2.12. The summed E-state index contributed by atoms with van der Waals surface area (Å²) < 4.78 is 7.05. The number of pyridine rings is 1. The van der Waals surface area contributed by atoms with Gasteiger partial charge >= 0.3 is 0 Å². The second-order valence-corrected chi connectivity index (χ2v) is 6.22. The molecule has 1 N–H and O–H groups in total. The Hall–Kier alpha value is -2.24. The molecule has 0 atom stereocenters. The van der Waals surface area contributed by atoms with Gasteiger partial charge in [0.1, 0.15) is 11.4 Å². The molecule has 124 valence electrons. The van der Waals surface area contributed by atoms with Gasteiger partial charge in [-0.1, -0.05) is 23.2 Å². The predicted octanol–water partition coefficient (Wildman–Crippen LogP) is 4.14. The number of anilines is 1. The Balaban J connectivity index is 1.78. The standard InChI is InChI=1S/C17H15Cl2N3O2/c1-10-5-14(15(24-2)7-13(10)19)21-17(23)6-12-9-22-8-11(18)3-4-16(22)20-12/h3-5,7-9H,6H2,1-2H3,(H,21,23). The number of methoxy groups -OCH3 is 1. The monoisotopic (exact) mass is 363 g/mol. The number of amides is 1. The molecule has 1 amide bonds. The average Bonchev–Trinajstić information content (AvgIpc) is 2.91. The van der Waals surface area contributed by atoms with Crippen molar-refractivity contribution in [2.75, 3.05) is 12.4 Å². The smallest absolute Gasteiger partial charge is 0.230 e. The van der Waals surface area contributed by atoms with E-state index in [4.69, 9.17) is 27.9 Å². The first-order valence-corrected chi connectivity index (χ1v) is 7.99. The van der Waals surface area contributed by atoms with Gasteiger partial charge in [-0.15, -0.1) is 0 Å². The molecule has 2 heterocycles. The van der Waals surface area contributed by atoms with Crippen LogP contribution in [0.1, 0.15) is 11.3 Å². The third-order valence-corrected chi connectivity index (χ3v) is 4.19. The number of ether oxygens (including phenoxy) is 1. The van der Waals surface area contributed by atoms with Crippen molar-refractivity contribution in [3.8, 4) is 5.75 Å². The lowest BCUT2D eigenvalue weighted by Gasteiger charge is -2.11. The first-order valence-electron chi connectivity index (χ1n) is 7.23. The number of aromatic nitrogens is 2. The molecule has 0 saturated heterocycles. The summed E-state index contributed by atoms with van der Waals surface area (Å²) in [6, 6.07) is 7.02. The Morgan fingerprint density at radius 1 is 1.29 bits per heavy atom. The second kappa shape index (κ2) is 6.71. The van der Waals surface area contributed by atoms with Gasteiger partial charge < -0.3 is 14.5 Å². The van der Waals surface area contributed by atoms with E-state index in [9.17, 15) is 4.79 Å². The number of carbonyl (C=O) groups excluding carboxylic acids is 1. The number of rotatable bonds is 4. The fourth-order valence-electron chi connectivity index (χ4n) is 2.39. The SMILES string of the molecule is COc1cc(Cl)c(C)cc1NC(=O)Cc1cn2cc(Cl)ccc2n1. The summed E-state index contributed by atoms with van der Waals surface area (Å²) in [6.07, 6.45) is 3.67. The Kier molecular flexibility index (Phi) is 4.64. The number of imidazole rings is 1. The zero-order chi connectivity index (χ0) is 17.3. The van der Waals surface area contributed by atoms with Gasteiger partial charge in [0.2, 0.25) is 5.91 Å². The number of aryl methyl sites for hydroxylation is 1. The van der Waals surface area contributed by atoms with Gasteiger partial charge in [-0.3, -0.25) is 4.79 Å². The molecular weight excluding hydrogens is 349 g/mol. The number of nitrogens with one attached hydrogen (secondary N) is 1. The van der Waals surface area contributed by atoms with Crippen LogP contribution in [0, 0.1) is 6.92 Å². The average molecular weight is 364 g/mol. The molecule has 5 nitrogen and oxygen atoms in total. The van der Waals surface area contributed by atoms with E-state index in [1.165, 1.54) is 7.11 Å². The van der Waals surface area contributed by atoms with Crippen LogP contribution in [0.5, 0.6) is 5.75 Å². The Bertz CT molecular complexity index is 922. The number of halogens is 2. The van der Waals surface area contributed by atoms with Crippen LogP contribution in [0.2, 0.25) is 10.0 Å². The molecule has 7 heteroatoms. The van der Waals surface area contributed by atoms with Crippen molar-refractivity contribution in [3.05, 3.63) is 58.0 Å². The summed E-state index contributed by atoms with van der Waals surface area (Å²) in [7, 11) is 1.53. The van der Waals surface area contributed by atoms with E-state index in [1.807, 2.05) is 6.92 Å². The third kappa shape index (κ3) is 3.47. The van der Waals surface area contributed by atoms with E-state index in [1.54, 1.807) is 41.1 Å². The lowest BCUT2D eigenvalue weighted by molar-refractivity contribution is -0.115. The van der Waals surface area contributed by atoms with Crippen LogP contribution < -0.4 is 10.1 Å². The summed E-state index contributed by atoms with van der Waals surface area (Å²) >= 11 is 12.0. The number of hydrogen-bond donors (Lipinski definition) is 1. The maximum atomic E-state index is 12.3. The Morgan fingerprint density at radius 3 is 2.83 bits per heavy atom. The minimum absolute atomic E-state index is 0.143. The van der Waals surface area contributed by atoms with Gasteiger partial charge in [-0.2, -0.15) is 0 Å². The predicted molar refractivity (Wildman–Crippen MR) is 95.3 cm³/mol. The third-order valence-electron chi connectivity index (χ3n) is 3.56. The fraction of sp³-hybridized carbons (Fsp3) is 0.176. The van der Waals surface area contributed by atoms with Crippen molar-refractivity contribution in [1.29, 1.82) is 0 Å². The van der Waals surface area contributed by atoms with Crippen molar-refractivity contribution in [1.82, 2.24) is 9.38 Å². The molecule has 3 aromatic rings. The van der Waals surface area contributed by atoms with Gasteiger partial charge in [0.15, 0.2) is 0 Å². The highest BCUT2D eigenvalue weighted by Crippen LogP contribution is 2.31. The second-order valence-electron chi connectivity index (χ2n) is 5.37. The Morgan fingerprint density at radius 2 is 2.08 bits per heavy atom. The summed E-state index contributed by atoms with van der Waals surface area (Å²) in [5.41, 5.74) is 2.83. The summed E-state index contributed by atoms with van der Waals surface area (Å²) in [5, 5.41) is 4.03. The van der Waals surface area contributed by atoms with E-state index in [0.29, 0.717) is 27.2 Å². The van der Waals surface area contributed by atoms with Crippen molar-refractivity contribution in [2.45, 2.75) is 13.3 Å². The van der Waals surface area contributed by atoms with Gasteiger partial charge in [0.05, 0.1) is 29.9 Å². The van der Waals surface area contributed by atoms with E-state index < -0.39 is 0 Å². The summed E-state index contributed by atoms with van der Waals surface area (Å²) in [6.45, 7) is 1.86. The highest BCUT2D eigenvalue weighted by atomic mass is 35.5. The van der Waals surface area contributed by atoms with Crippen molar-refractivity contribution in [2.24, 2.45) is 0 Å². The number of nitrogens with zero attached hydrogens (tertiary/aromatic N) is 2. The van der Waals surface area contributed by atoms with E-state index in [0.717, 1.165) is 11.2 Å². The molecule has 0 aliphatic heterocycles. The summed E-state index contributed by atoms with van der Waals surface area (Å²) in [4.78, 5) is 16.7. The van der Waals surface area contributed by atoms with Crippen molar-refractivity contribution < 1.29 is 9.53 Å². The molecular formula is C17H15Cl2N3O2. The van der Waals surface area contributed by atoms with E-state index in [2.05, 4.69) is 10.3 Å². The maximum absolute atomic E-state index is 12.3. The topological polar surface area (TPSA) is 55.6 Å². The largest absolute Gasteiger partial charge is 0.495 e. The molecule has 2 aromatic heterocycles. The molecule has 0 saturated carbocycles. The van der Waals surface area contributed by atoms with Crippen molar-refractivity contribution >= 4 is 40.4 Å². The molecule has 0 aliphatic rings. The van der Waals surface area contributed by atoms with Crippen LogP contribution in [0.25, 0.3) is 5.65 Å². The first-order chi connectivity index (χ1) is 11.5. The van der Waals surface area contributed by atoms with Gasteiger partial charge in [-0.05, 0) is 30.7 Å². The van der Waals surface area contributed by atoms with Crippen LogP contribution >= 0.6 is 23.2 Å². The van der Waals surface area contributed by atoms with Crippen LogP contribution in [0.15, 0.2) is 36.7 Å². The number of benzene rings is 1. The van der Waals surface area contributed by atoms with Crippen LogP contribution in [-0.4, -0.2) is 22.4 Å². The molecule has 0 spiro atoms. The molecule has 0 unspecified atom stereocenters. The number of fused-ring (bicyclic) bond motifs is 1. The summed E-state index contributed by atoms with van der Waals surface area (Å²) in [5.74, 6) is 0.324. The van der Waals surface area contributed by atoms with Gasteiger partial charge in [-0.25, -0.2) is 4.98 Å². The van der Waals surface area contributed by atoms with E-state index in [-0.39, 0.29) is 12.3 Å². The fourth-order valence-corrected chi connectivity index (χ4v) is 2.71. The molecule has 1 aromatic carbocycles. The molecule has 3 rings (SSSR count). The van der Waals surface area contributed by atoms with Gasteiger partial charge in [0.25, 0.3) is 0 Å². The van der Waals surface area contributed by atoms with Crippen molar-refractivity contribution in [3.63, 3.8) is 0 Å². The molecule has 0 aliphatic carbocycles. The maximum Gasteiger partial charge on any atom is 0.230 e. The zero-order valence-corrected chi connectivity index (χ0v) is 14.6. The van der Waals surface area contributed by atoms with E-state index >= 15 is 0 Å². The van der Waals surface area contributed by atoms with Crippen LogP contribution in [0.3, 0.4) is 0 Å². The number of hydrogen-bond acceptors (Lipinski definition) is 3. The molecule has 0 bridgehead atoms. The minimum atomic E-state index is -0.190. The lowest BCUT2D eigenvalue weighted by atomic mass is 10.2. The van der Waals surface area contributed by atoms with Gasteiger partial charge in [0, 0.05) is 23.5 Å². The normalized spacial score (nSPS) is 10.8. The quantitative estimate of drug-likeness (QED) is 0.757. The van der Waals surface area contributed by atoms with Crippen LogP contribution in [0.4, 0.5) is 5.69 Å². The molecule has 0 fully saturated rings. The minimum Gasteiger partial charge on any atom is -0.495 e. The molecule has 24 heavy (non-hydrogen) atoms. The zero-order valence-electron chi connectivity index (χ0n) is 13.1. The number of carbonyl (C=O) groups is 1. The lowest BCUT2D eigenvalue weighted by Crippen LogP contribution is -2.15. The Labute approximate surface area is 149 Å². The molecule has 0 radical (unpaired) electrons. The first kappa shape index (κ1) is 16.6. The van der Waals surface area contributed by atoms with Crippen LogP contribution in [-0.2, 0) is 11.2 Å². The highest BCUT2D eigenvalue weighted by molar-refractivity contribution is 6.31.